The maximum atomic E-state index is 11.8. The number of carbonyl (C=O) groups excluding carboxylic acids is 2. The van der Waals surface area contributed by atoms with Gasteiger partial charge in [-0.2, -0.15) is 5.10 Å². The van der Waals surface area contributed by atoms with Crippen molar-refractivity contribution in [2.75, 3.05) is 12.4 Å². The topological polar surface area (TPSA) is 79.8 Å². The van der Waals surface area contributed by atoms with E-state index < -0.39 is 11.8 Å². The molecule has 0 fully saturated rings. The lowest BCUT2D eigenvalue weighted by Crippen LogP contribution is -2.32. The number of carbonyl (C=O) groups is 2. The zero-order chi connectivity index (χ0) is 17.4. The van der Waals surface area contributed by atoms with Crippen molar-refractivity contribution in [2.24, 2.45) is 5.10 Å². The molecule has 0 radical (unpaired) electrons. The van der Waals surface area contributed by atoms with Gasteiger partial charge in [-0.1, -0.05) is 19.1 Å². The van der Waals surface area contributed by atoms with Crippen LogP contribution < -0.4 is 15.5 Å². The molecule has 0 aliphatic carbocycles. The zero-order valence-corrected chi connectivity index (χ0v) is 13.6. The highest BCUT2D eigenvalue weighted by Gasteiger charge is 2.12. The van der Waals surface area contributed by atoms with Crippen LogP contribution in [0.5, 0.6) is 5.75 Å². The Morgan fingerprint density at radius 3 is 2.29 bits per heavy atom. The summed E-state index contributed by atoms with van der Waals surface area (Å²) in [6, 6.07) is 14.4. The number of ether oxygens (including phenoxy) is 1. The highest BCUT2D eigenvalue weighted by Crippen LogP contribution is 2.10. The van der Waals surface area contributed by atoms with Gasteiger partial charge in [0.2, 0.25) is 0 Å². The van der Waals surface area contributed by atoms with E-state index in [0.29, 0.717) is 5.69 Å². The molecule has 2 N–H and O–H groups in total. The van der Waals surface area contributed by atoms with E-state index in [1.54, 1.807) is 43.5 Å². The quantitative estimate of drug-likeness (QED) is 0.503. The number of hydrazone groups is 1. The maximum absolute atomic E-state index is 11.8. The molecule has 2 rings (SSSR count). The normalized spacial score (nSPS) is 10.4. The molecular formula is C18H19N3O3. The van der Waals surface area contributed by atoms with Gasteiger partial charge >= 0.3 is 11.8 Å². The lowest BCUT2D eigenvalue weighted by molar-refractivity contribution is -0.136. The Balaban J connectivity index is 1.86. The number of amides is 2. The van der Waals surface area contributed by atoms with Crippen LogP contribution in [-0.4, -0.2) is 25.1 Å². The smallest absolute Gasteiger partial charge is 0.329 e. The monoisotopic (exact) mass is 325 g/mol. The van der Waals surface area contributed by atoms with Gasteiger partial charge in [-0.25, -0.2) is 5.43 Å². The fraction of sp³-hybridized carbons (Fsp3) is 0.167. The third-order valence-corrected chi connectivity index (χ3v) is 3.32. The van der Waals surface area contributed by atoms with Crippen molar-refractivity contribution in [3.05, 3.63) is 59.7 Å². The highest BCUT2D eigenvalue weighted by atomic mass is 16.5. The second-order valence-corrected chi connectivity index (χ2v) is 4.98. The van der Waals surface area contributed by atoms with Gasteiger partial charge in [0.15, 0.2) is 0 Å². The number of hydrogen-bond acceptors (Lipinski definition) is 4. The number of methoxy groups -OCH3 is 1. The van der Waals surface area contributed by atoms with Crippen LogP contribution in [0.2, 0.25) is 0 Å². The van der Waals surface area contributed by atoms with Crippen LogP contribution in [-0.2, 0) is 16.0 Å². The minimum Gasteiger partial charge on any atom is -0.497 e. The van der Waals surface area contributed by atoms with Crippen molar-refractivity contribution in [2.45, 2.75) is 13.3 Å². The number of nitrogens with one attached hydrogen (secondary N) is 2. The van der Waals surface area contributed by atoms with E-state index in [2.05, 4.69) is 15.8 Å². The van der Waals surface area contributed by atoms with Gasteiger partial charge in [0.1, 0.15) is 5.75 Å². The van der Waals surface area contributed by atoms with Gasteiger partial charge < -0.3 is 10.1 Å². The predicted molar refractivity (Wildman–Crippen MR) is 93.2 cm³/mol. The molecule has 0 saturated heterocycles. The summed E-state index contributed by atoms with van der Waals surface area (Å²) in [5.74, 6) is -0.880. The Morgan fingerprint density at radius 2 is 1.71 bits per heavy atom. The maximum Gasteiger partial charge on any atom is 0.329 e. The SMILES string of the molecule is CCc1ccc(NC(=O)C(=O)N/N=C/c2ccc(OC)cc2)cc1. The summed E-state index contributed by atoms with van der Waals surface area (Å²) in [6.45, 7) is 2.04. The van der Waals surface area contributed by atoms with E-state index in [9.17, 15) is 9.59 Å². The molecule has 0 aromatic heterocycles. The molecule has 0 atom stereocenters. The molecule has 0 spiro atoms. The largest absolute Gasteiger partial charge is 0.497 e. The molecule has 24 heavy (non-hydrogen) atoms. The van der Waals surface area contributed by atoms with E-state index in [1.165, 1.54) is 6.21 Å². The number of hydrogen-bond donors (Lipinski definition) is 2. The third-order valence-electron chi connectivity index (χ3n) is 3.32. The average molecular weight is 325 g/mol. The summed E-state index contributed by atoms with van der Waals surface area (Å²) < 4.78 is 5.05. The van der Waals surface area contributed by atoms with Gasteiger partial charge in [-0.05, 0) is 53.9 Å². The van der Waals surface area contributed by atoms with Gasteiger partial charge in [0.05, 0.1) is 13.3 Å². The number of rotatable bonds is 5. The zero-order valence-electron chi connectivity index (χ0n) is 13.6. The van der Waals surface area contributed by atoms with Crippen LogP contribution >= 0.6 is 0 Å². The number of nitrogens with zero attached hydrogens (tertiary/aromatic N) is 1. The average Bonchev–Trinajstić information content (AvgIpc) is 2.62. The van der Waals surface area contributed by atoms with Crippen LogP contribution in [0, 0.1) is 0 Å². The molecule has 2 amide bonds. The Hall–Kier alpha value is -3.15. The third kappa shape index (κ3) is 4.95. The van der Waals surface area contributed by atoms with Crippen LogP contribution in [0.3, 0.4) is 0 Å². The highest BCUT2D eigenvalue weighted by molar-refractivity contribution is 6.39. The molecule has 0 aliphatic rings. The lowest BCUT2D eigenvalue weighted by atomic mass is 10.1. The summed E-state index contributed by atoms with van der Waals surface area (Å²) in [5.41, 5.74) is 4.68. The Bertz CT molecular complexity index is 722. The molecule has 0 unspecified atom stereocenters. The van der Waals surface area contributed by atoms with Crippen molar-refractivity contribution in [1.29, 1.82) is 0 Å². The lowest BCUT2D eigenvalue weighted by Gasteiger charge is -2.04. The van der Waals surface area contributed by atoms with Gasteiger partial charge in [0.25, 0.3) is 0 Å². The molecule has 0 saturated carbocycles. The van der Waals surface area contributed by atoms with Crippen LogP contribution in [0.15, 0.2) is 53.6 Å². The Labute approximate surface area is 140 Å². The molecule has 6 heteroatoms. The van der Waals surface area contributed by atoms with Crippen molar-refractivity contribution < 1.29 is 14.3 Å². The first-order valence-electron chi connectivity index (χ1n) is 7.49. The summed E-state index contributed by atoms with van der Waals surface area (Å²) in [4.78, 5) is 23.5. The second-order valence-electron chi connectivity index (χ2n) is 4.98. The first-order chi connectivity index (χ1) is 11.6. The van der Waals surface area contributed by atoms with E-state index in [0.717, 1.165) is 23.3 Å². The van der Waals surface area contributed by atoms with Crippen LogP contribution in [0.1, 0.15) is 18.1 Å². The fourth-order valence-corrected chi connectivity index (χ4v) is 1.92. The fourth-order valence-electron chi connectivity index (χ4n) is 1.92. The summed E-state index contributed by atoms with van der Waals surface area (Å²) in [7, 11) is 1.58. The van der Waals surface area contributed by atoms with Crippen LogP contribution in [0.25, 0.3) is 0 Å². The molecule has 0 aliphatic heterocycles. The molecule has 0 heterocycles. The molecular weight excluding hydrogens is 306 g/mol. The molecule has 124 valence electrons. The minimum atomic E-state index is -0.834. The molecule has 2 aromatic rings. The molecule has 0 bridgehead atoms. The van der Waals surface area contributed by atoms with E-state index in [4.69, 9.17) is 4.74 Å². The van der Waals surface area contributed by atoms with E-state index in [-0.39, 0.29) is 0 Å². The van der Waals surface area contributed by atoms with Crippen LogP contribution in [0.4, 0.5) is 5.69 Å². The minimum absolute atomic E-state index is 0.562. The standard InChI is InChI=1S/C18H19N3O3/c1-3-13-4-8-15(9-5-13)20-17(22)18(23)21-19-12-14-6-10-16(24-2)11-7-14/h4-12H,3H2,1-2H3,(H,20,22)(H,21,23)/b19-12+. The van der Waals surface area contributed by atoms with Gasteiger partial charge in [-0.15, -0.1) is 0 Å². The number of aryl methyl sites for hydroxylation is 1. The van der Waals surface area contributed by atoms with Crippen molar-refractivity contribution >= 4 is 23.7 Å². The molecule has 6 nitrogen and oxygen atoms in total. The first kappa shape index (κ1) is 17.2. The van der Waals surface area contributed by atoms with E-state index >= 15 is 0 Å². The Kier molecular flexibility index (Phi) is 6.08. The first-order valence-corrected chi connectivity index (χ1v) is 7.49. The summed E-state index contributed by atoms with van der Waals surface area (Å²) in [6.07, 6.45) is 2.36. The second kappa shape index (κ2) is 8.47. The molecule has 2 aromatic carbocycles. The Morgan fingerprint density at radius 1 is 1.04 bits per heavy atom. The van der Waals surface area contributed by atoms with Gasteiger partial charge in [0, 0.05) is 5.69 Å². The number of benzene rings is 2. The van der Waals surface area contributed by atoms with Crippen molar-refractivity contribution in [3.8, 4) is 5.75 Å². The number of anilines is 1. The van der Waals surface area contributed by atoms with E-state index in [1.807, 2.05) is 19.1 Å². The van der Waals surface area contributed by atoms with Crippen molar-refractivity contribution in [1.82, 2.24) is 5.43 Å². The van der Waals surface area contributed by atoms with Gasteiger partial charge in [-0.3, -0.25) is 9.59 Å². The summed E-state index contributed by atoms with van der Waals surface area (Å²) in [5, 5.41) is 6.28. The summed E-state index contributed by atoms with van der Waals surface area (Å²) >= 11 is 0. The van der Waals surface area contributed by atoms with Crippen molar-refractivity contribution in [3.63, 3.8) is 0 Å². The predicted octanol–water partition coefficient (Wildman–Crippen LogP) is 2.35.